The predicted octanol–water partition coefficient (Wildman–Crippen LogP) is 3.96. The summed E-state index contributed by atoms with van der Waals surface area (Å²) in [5, 5.41) is 0. The second-order valence-corrected chi connectivity index (χ2v) is 6.69. The Morgan fingerprint density at radius 2 is 1.90 bits per heavy atom. The van der Waals surface area contributed by atoms with Crippen LogP contribution in [0.3, 0.4) is 0 Å². The highest BCUT2D eigenvalue weighted by Gasteiger charge is 2.34. The molecular formula is C18H36N2O. The lowest BCUT2D eigenvalue weighted by Gasteiger charge is -2.42. The van der Waals surface area contributed by atoms with E-state index in [-0.39, 0.29) is 11.8 Å². The van der Waals surface area contributed by atoms with E-state index in [0.29, 0.717) is 6.04 Å². The van der Waals surface area contributed by atoms with Crippen LogP contribution in [-0.4, -0.2) is 29.9 Å². The lowest BCUT2D eigenvalue weighted by Crippen LogP contribution is -2.48. The SMILES string of the molecule is CCCCCCCC(CC)C1CC(C(N)=O)CCN1CC. The van der Waals surface area contributed by atoms with Gasteiger partial charge in [-0.05, 0) is 38.3 Å². The Morgan fingerprint density at radius 3 is 2.48 bits per heavy atom. The van der Waals surface area contributed by atoms with Crippen LogP contribution < -0.4 is 5.73 Å². The maximum absolute atomic E-state index is 11.5. The third-order valence-corrected chi connectivity index (χ3v) is 5.32. The van der Waals surface area contributed by atoms with Gasteiger partial charge in [0.25, 0.3) is 0 Å². The molecule has 1 amide bonds. The van der Waals surface area contributed by atoms with Crippen molar-refractivity contribution in [2.24, 2.45) is 17.6 Å². The monoisotopic (exact) mass is 296 g/mol. The highest BCUT2D eigenvalue weighted by molar-refractivity contribution is 5.76. The van der Waals surface area contributed by atoms with Gasteiger partial charge in [-0.2, -0.15) is 0 Å². The number of carbonyl (C=O) groups is 1. The predicted molar refractivity (Wildman–Crippen MR) is 90.1 cm³/mol. The van der Waals surface area contributed by atoms with Gasteiger partial charge in [0, 0.05) is 12.0 Å². The Bertz CT molecular complexity index is 293. The molecule has 21 heavy (non-hydrogen) atoms. The van der Waals surface area contributed by atoms with Crippen LogP contribution in [0.4, 0.5) is 0 Å². The number of nitrogens with two attached hydrogens (primary N) is 1. The molecular weight excluding hydrogens is 260 g/mol. The second-order valence-electron chi connectivity index (χ2n) is 6.69. The Morgan fingerprint density at radius 1 is 1.19 bits per heavy atom. The molecule has 1 aliphatic rings. The van der Waals surface area contributed by atoms with Gasteiger partial charge in [0.1, 0.15) is 0 Å². The molecule has 0 radical (unpaired) electrons. The molecule has 0 saturated carbocycles. The Labute approximate surface area is 131 Å². The van der Waals surface area contributed by atoms with E-state index in [9.17, 15) is 4.79 Å². The molecule has 0 aromatic rings. The molecule has 3 unspecified atom stereocenters. The maximum Gasteiger partial charge on any atom is 0.220 e. The number of piperidine rings is 1. The molecule has 0 spiro atoms. The van der Waals surface area contributed by atoms with E-state index in [1.54, 1.807) is 0 Å². The first kappa shape index (κ1) is 18.5. The molecule has 0 aliphatic carbocycles. The van der Waals surface area contributed by atoms with Crippen LogP contribution in [-0.2, 0) is 4.79 Å². The molecule has 1 heterocycles. The number of primary amides is 1. The van der Waals surface area contributed by atoms with Gasteiger partial charge >= 0.3 is 0 Å². The zero-order valence-corrected chi connectivity index (χ0v) is 14.4. The highest BCUT2D eigenvalue weighted by Crippen LogP contribution is 2.31. The van der Waals surface area contributed by atoms with Crippen molar-refractivity contribution in [2.75, 3.05) is 13.1 Å². The minimum Gasteiger partial charge on any atom is -0.369 e. The lowest BCUT2D eigenvalue weighted by molar-refractivity contribution is -0.124. The van der Waals surface area contributed by atoms with Gasteiger partial charge in [-0.15, -0.1) is 0 Å². The van der Waals surface area contributed by atoms with Crippen LogP contribution in [0, 0.1) is 11.8 Å². The number of amides is 1. The van der Waals surface area contributed by atoms with E-state index >= 15 is 0 Å². The zero-order valence-electron chi connectivity index (χ0n) is 14.4. The molecule has 1 aliphatic heterocycles. The number of nitrogens with zero attached hydrogens (tertiary/aromatic N) is 1. The fraction of sp³-hybridized carbons (Fsp3) is 0.944. The summed E-state index contributed by atoms with van der Waals surface area (Å²) in [6, 6.07) is 0.567. The molecule has 3 heteroatoms. The first-order chi connectivity index (χ1) is 10.1. The van der Waals surface area contributed by atoms with E-state index in [1.807, 2.05) is 0 Å². The average molecular weight is 296 g/mol. The minimum atomic E-state index is -0.0893. The zero-order chi connectivity index (χ0) is 15.7. The summed E-state index contributed by atoms with van der Waals surface area (Å²) in [4.78, 5) is 14.1. The van der Waals surface area contributed by atoms with Crippen LogP contribution in [0.15, 0.2) is 0 Å². The summed E-state index contributed by atoms with van der Waals surface area (Å²) in [5.74, 6) is 0.745. The van der Waals surface area contributed by atoms with E-state index in [2.05, 4.69) is 25.7 Å². The van der Waals surface area contributed by atoms with Crippen molar-refractivity contribution in [3.05, 3.63) is 0 Å². The highest BCUT2D eigenvalue weighted by atomic mass is 16.1. The molecule has 0 bridgehead atoms. The summed E-state index contributed by atoms with van der Waals surface area (Å²) in [5.41, 5.74) is 5.56. The van der Waals surface area contributed by atoms with E-state index in [0.717, 1.165) is 31.8 Å². The van der Waals surface area contributed by atoms with Crippen LogP contribution in [0.2, 0.25) is 0 Å². The Kier molecular flexibility index (Phi) is 8.98. The van der Waals surface area contributed by atoms with Crippen molar-refractivity contribution in [3.8, 4) is 0 Å². The summed E-state index contributed by atoms with van der Waals surface area (Å²) in [7, 11) is 0. The van der Waals surface area contributed by atoms with Crippen molar-refractivity contribution in [1.82, 2.24) is 4.90 Å². The maximum atomic E-state index is 11.5. The second kappa shape index (κ2) is 10.2. The van der Waals surface area contributed by atoms with Crippen LogP contribution in [0.1, 0.15) is 78.6 Å². The van der Waals surface area contributed by atoms with Gasteiger partial charge in [0.05, 0.1) is 0 Å². The van der Waals surface area contributed by atoms with Crippen molar-refractivity contribution < 1.29 is 4.79 Å². The van der Waals surface area contributed by atoms with Crippen molar-refractivity contribution in [1.29, 1.82) is 0 Å². The number of rotatable bonds is 10. The van der Waals surface area contributed by atoms with Gasteiger partial charge < -0.3 is 10.6 Å². The van der Waals surface area contributed by atoms with E-state index < -0.39 is 0 Å². The fourth-order valence-electron chi connectivity index (χ4n) is 3.87. The first-order valence-electron chi connectivity index (χ1n) is 9.17. The van der Waals surface area contributed by atoms with Gasteiger partial charge in [-0.3, -0.25) is 4.79 Å². The average Bonchev–Trinajstić information content (AvgIpc) is 2.50. The summed E-state index contributed by atoms with van der Waals surface area (Å²) in [6.45, 7) is 8.95. The topological polar surface area (TPSA) is 46.3 Å². The summed E-state index contributed by atoms with van der Waals surface area (Å²) in [6.07, 6.45) is 11.2. The molecule has 2 N–H and O–H groups in total. The molecule has 1 saturated heterocycles. The molecule has 3 nitrogen and oxygen atoms in total. The van der Waals surface area contributed by atoms with Gasteiger partial charge in [-0.25, -0.2) is 0 Å². The lowest BCUT2D eigenvalue weighted by atomic mass is 9.80. The number of hydrogen-bond acceptors (Lipinski definition) is 2. The third kappa shape index (κ3) is 5.98. The van der Waals surface area contributed by atoms with Crippen LogP contribution in [0.25, 0.3) is 0 Å². The third-order valence-electron chi connectivity index (χ3n) is 5.32. The number of carbonyl (C=O) groups excluding carboxylic acids is 1. The molecule has 1 fully saturated rings. The van der Waals surface area contributed by atoms with Gasteiger partial charge in [0.2, 0.25) is 5.91 Å². The summed E-state index contributed by atoms with van der Waals surface area (Å²) < 4.78 is 0. The van der Waals surface area contributed by atoms with Crippen molar-refractivity contribution in [3.63, 3.8) is 0 Å². The van der Waals surface area contributed by atoms with Gasteiger partial charge in [0.15, 0.2) is 0 Å². The molecule has 3 atom stereocenters. The van der Waals surface area contributed by atoms with Gasteiger partial charge in [-0.1, -0.05) is 59.3 Å². The fourth-order valence-corrected chi connectivity index (χ4v) is 3.87. The molecule has 1 rings (SSSR count). The molecule has 124 valence electrons. The summed E-state index contributed by atoms with van der Waals surface area (Å²) >= 11 is 0. The Balaban J connectivity index is 2.51. The standard InChI is InChI=1S/C18H36N2O/c1-4-7-8-9-10-11-15(5-2)17-14-16(18(19)21)12-13-20(17)6-3/h15-17H,4-14H2,1-3H3,(H2,19,21). The number of hydrogen-bond donors (Lipinski definition) is 1. The first-order valence-corrected chi connectivity index (χ1v) is 9.17. The smallest absolute Gasteiger partial charge is 0.220 e. The Hall–Kier alpha value is -0.570. The molecule has 0 aromatic carbocycles. The largest absolute Gasteiger partial charge is 0.369 e. The normalized spacial score (nSPS) is 24.9. The number of unbranched alkanes of at least 4 members (excludes halogenated alkanes) is 4. The number of likely N-dealkylation sites (tertiary alicyclic amines) is 1. The van der Waals surface area contributed by atoms with E-state index in [1.165, 1.54) is 44.9 Å². The van der Waals surface area contributed by atoms with E-state index in [4.69, 9.17) is 5.73 Å². The van der Waals surface area contributed by atoms with Crippen LogP contribution >= 0.6 is 0 Å². The van der Waals surface area contributed by atoms with Crippen LogP contribution in [0.5, 0.6) is 0 Å². The molecule has 0 aromatic heterocycles. The van der Waals surface area contributed by atoms with Crippen molar-refractivity contribution in [2.45, 2.75) is 84.6 Å². The van der Waals surface area contributed by atoms with Crippen molar-refractivity contribution >= 4 is 5.91 Å². The minimum absolute atomic E-state index is 0.0893. The quantitative estimate of drug-likeness (QED) is 0.620.